The van der Waals surface area contributed by atoms with Crippen LogP contribution in [0.4, 0.5) is 4.39 Å². The van der Waals surface area contributed by atoms with Crippen LogP contribution in [0.3, 0.4) is 0 Å². The Bertz CT molecular complexity index is 1100. The molecule has 9 heteroatoms. The minimum Gasteiger partial charge on any atom is -0.329 e. The third kappa shape index (κ3) is 6.06. The van der Waals surface area contributed by atoms with E-state index in [9.17, 15) is 14.0 Å². The maximum Gasteiger partial charge on any atom is 0.272 e. The second kappa shape index (κ2) is 9.68. The molecule has 1 aromatic carbocycles. The molecule has 0 aliphatic heterocycles. The summed E-state index contributed by atoms with van der Waals surface area (Å²) in [6.07, 6.45) is 3.37. The van der Waals surface area contributed by atoms with Gasteiger partial charge in [0.2, 0.25) is 0 Å². The molecule has 0 unspecified atom stereocenters. The van der Waals surface area contributed by atoms with Crippen LogP contribution >= 0.6 is 11.8 Å². The average Bonchev–Trinajstić information content (AvgIpc) is 3.32. The van der Waals surface area contributed by atoms with E-state index < -0.39 is 5.41 Å². The van der Waals surface area contributed by atoms with Crippen molar-refractivity contribution >= 4 is 23.5 Å². The van der Waals surface area contributed by atoms with Gasteiger partial charge < -0.3 is 9.88 Å². The number of benzene rings is 1. The molecule has 32 heavy (non-hydrogen) atoms. The number of amides is 1. The van der Waals surface area contributed by atoms with Crippen LogP contribution in [0, 0.1) is 18.2 Å². The van der Waals surface area contributed by atoms with Gasteiger partial charge in [0.25, 0.3) is 5.91 Å². The molecule has 0 aliphatic rings. The first-order valence-electron chi connectivity index (χ1n) is 10.3. The van der Waals surface area contributed by atoms with Crippen molar-refractivity contribution in [1.82, 2.24) is 24.6 Å². The Morgan fingerprint density at radius 2 is 1.88 bits per heavy atom. The zero-order valence-electron chi connectivity index (χ0n) is 19.0. The minimum absolute atomic E-state index is 0.108. The third-order valence-corrected chi connectivity index (χ3v) is 5.90. The predicted octanol–water partition coefficient (Wildman–Crippen LogP) is 4.14. The first-order valence-corrected chi connectivity index (χ1v) is 11.3. The molecule has 2 heterocycles. The molecule has 7 nitrogen and oxygen atoms in total. The smallest absolute Gasteiger partial charge is 0.272 e. The van der Waals surface area contributed by atoms with Gasteiger partial charge in [-0.3, -0.25) is 14.3 Å². The summed E-state index contributed by atoms with van der Waals surface area (Å²) in [6, 6.07) is 6.09. The van der Waals surface area contributed by atoms with Crippen LogP contribution in [0.15, 0.2) is 41.8 Å². The Labute approximate surface area is 191 Å². The predicted molar refractivity (Wildman–Crippen MR) is 122 cm³/mol. The number of rotatable bonds is 8. The topological polar surface area (TPSA) is 83.9 Å². The zero-order chi connectivity index (χ0) is 23.5. The highest BCUT2D eigenvalue weighted by molar-refractivity contribution is 7.99. The van der Waals surface area contributed by atoms with E-state index in [1.165, 1.54) is 30.1 Å². The molecule has 0 atom stereocenters. The van der Waals surface area contributed by atoms with Gasteiger partial charge in [-0.15, -0.1) is 0 Å². The number of ketones is 1. The summed E-state index contributed by atoms with van der Waals surface area (Å²) in [5.74, 6) is -0.177. The summed E-state index contributed by atoms with van der Waals surface area (Å²) in [6.45, 7) is 8.17. The largest absolute Gasteiger partial charge is 0.329 e. The van der Waals surface area contributed by atoms with Gasteiger partial charge in [-0.1, -0.05) is 44.7 Å². The standard InChI is InChI=1S/C23H28FN5O2S/c1-15-17(12-28(5)27-15)13-29(11-16-6-8-18(24)9-7-16)21(31)19-10-25-22(26-19)32-14-20(30)23(2,3)4/h6-10,12H,11,13-14H2,1-5H3,(H,25,26). The monoisotopic (exact) mass is 457 g/mol. The van der Waals surface area contributed by atoms with Crippen molar-refractivity contribution in [3.05, 3.63) is 65.0 Å². The molecule has 0 radical (unpaired) electrons. The highest BCUT2D eigenvalue weighted by Gasteiger charge is 2.23. The molecule has 0 saturated carbocycles. The highest BCUT2D eigenvalue weighted by atomic mass is 32.2. The zero-order valence-corrected chi connectivity index (χ0v) is 19.8. The van der Waals surface area contributed by atoms with Crippen LogP contribution in [-0.2, 0) is 24.9 Å². The van der Waals surface area contributed by atoms with Crippen molar-refractivity contribution < 1.29 is 14.0 Å². The van der Waals surface area contributed by atoms with Crippen LogP contribution in [0.25, 0.3) is 0 Å². The number of H-pyrrole nitrogens is 1. The maximum absolute atomic E-state index is 13.3. The van der Waals surface area contributed by atoms with E-state index in [1.54, 1.807) is 21.7 Å². The Kier molecular flexibility index (Phi) is 7.18. The quantitative estimate of drug-likeness (QED) is 0.514. The highest BCUT2D eigenvalue weighted by Crippen LogP contribution is 2.22. The number of imidazole rings is 1. The number of hydrogen-bond acceptors (Lipinski definition) is 5. The lowest BCUT2D eigenvalue weighted by Crippen LogP contribution is -2.30. The van der Waals surface area contributed by atoms with Crippen LogP contribution in [-0.4, -0.2) is 42.1 Å². The number of carbonyl (C=O) groups excluding carboxylic acids is 2. The molecule has 0 bridgehead atoms. The molecule has 0 saturated heterocycles. The van der Waals surface area contributed by atoms with E-state index in [4.69, 9.17) is 0 Å². The lowest BCUT2D eigenvalue weighted by Gasteiger charge is -2.22. The normalized spacial score (nSPS) is 11.6. The first-order chi connectivity index (χ1) is 15.0. The number of aromatic nitrogens is 4. The summed E-state index contributed by atoms with van der Waals surface area (Å²) in [5.41, 5.74) is 2.48. The van der Waals surface area contributed by atoms with E-state index in [0.717, 1.165) is 16.8 Å². The van der Waals surface area contributed by atoms with E-state index in [-0.39, 0.29) is 23.3 Å². The number of carbonyl (C=O) groups is 2. The minimum atomic E-state index is -0.425. The number of nitrogens with one attached hydrogen (secondary N) is 1. The summed E-state index contributed by atoms with van der Waals surface area (Å²) in [4.78, 5) is 34.5. The first kappa shape index (κ1) is 23.7. The number of thioether (sulfide) groups is 1. The summed E-state index contributed by atoms with van der Waals surface area (Å²) >= 11 is 1.28. The van der Waals surface area contributed by atoms with Gasteiger partial charge in [0, 0.05) is 37.3 Å². The fraction of sp³-hybridized carbons (Fsp3) is 0.391. The second-order valence-electron chi connectivity index (χ2n) is 8.76. The van der Waals surface area contributed by atoms with Crippen molar-refractivity contribution in [2.75, 3.05) is 5.75 Å². The molecular weight excluding hydrogens is 429 g/mol. The lowest BCUT2D eigenvalue weighted by atomic mass is 9.92. The molecule has 1 N–H and O–H groups in total. The molecule has 3 rings (SSSR count). The number of Topliss-reactive ketones (excluding diaryl/α,β-unsaturated/α-hetero) is 1. The van der Waals surface area contributed by atoms with Gasteiger partial charge >= 0.3 is 0 Å². The number of aryl methyl sites for hydroxylation is 2. The third-order valence-electron chi connectivity index (χ3n) is 5.01. The number of nitrogens with zero attached hydrogens (tertiary/aromatic N) is 4. The Morgan fingerprint density at radius 3 is 2.47 bits per heavy atom. The van der Waals surface area contributed by atoms with Gasteiger partial charge in [-0.05, 0) is 24.6 Å². The molecule has 170 valence electrons. The van der Waals surface area contributed by atoms with E-state index in [0.29, 0.717) is 23.9 Å². The van der Waals surface area contributed by atoms with Gasteiger partial charge in [0.1, 0.15) is 17.3 Å². The number of aromatic amines is 1. The molecule has 3 aromatic rings. The van der Waals surface area contributed by atoms with Gasteiger partial charge in [0.05, 0.1) is 17.6 Å². The van der Waals surface area contributed by atoms with Crippen LogP contribution in [0.2, 0.25) is 0 Å². The van der Waals surface area contributed by atoms with E-state index >= 15 is 0 Å². The van der Waals surface area contributed by atoms with Crippen molar-refractivity contribution in [3.8, 4) is 0 Å². The number of halogens is 1. The SMILES string of the molecule is Cc1nn(C)cc1CN(Cc1ccc(F)cc1)C(=O)c1cnc(SCC(=O)C(C)(C)C)[nH]1. The van der Waals surface area contributed by atoms with Crippen molar-refractivity contribution in [2.24, 2.45) is 12.5 Å². The van der Waals surface area contributed by atoms with E-state index in [2.05, 4.69) is 15.1 Å². The lowest BCUT2D eigenvalue weighted by molar-refractivity contribution is -0.123. The van der Waals surface area contributed by atoms with Gasteiger partial charge in [0.15, 0.2) is 5.16 Å². The molecule has 2 aromatic heterocycles. The molecule has 0 aliphatic carbocycles. The Hall–Kier alpha value is -2.94. The van der Waals surface area contributed by atoms with Crippen molar-refractivity contribution in [1.29, 1.82) is 0 Å². The van der Waals surface area contributed by atoms with Crippen LogP contribution < -0.4 is 0 Å². The molecule has 0 fully saturated rings. The fourth-order valence-electron chi connectivity index (χ4n) is 3.02. The summed E-state index contributed by atoms with van der Waals surface area (Å²) in [5, 5.41) is 4.87. The van der Waals surface area contributed by atoms with Crippen molar-refractivity contribution in [2.45, 2.75) is 45.9 Å². The maximum atomic E-state index is 13.3. The van der Waals surface area contributed by atoms with Crippen LogP contribution in [0.1, 0.15) is 48.1 Å². The van der Waals surface area contributed by atoms with Crippen LogP contribution in [0.5, 0.6) is 0 Å². The van der Waals surface area contributed by atoms with Gasteiger partial charge in [-0.25, -0.2) is 9.37 Å². The fourth-order valence-corrected chi connectivity index (χ4v) is 4.04. The summed E-state index contributed by atoms with van der Waals surface area (Å²) < 4.78 is 15.0. The molecule has 0 spiro atoms. The average molecular weight is 458 g/mol. The molecule has 1 amide bonds. The van der Waals surface area contributed by atoms with Crippen molar-refractivity contribution in [3.63, 3.8) is 0 Å². The molecular formula is C23H28FN5O2S. The summed E-state index contributed by atoms with van der Waals surface area (Å²) in [7, 11) is 1.83. The van der Waals surface area contributed by atoms with E-state index in [1.807, 2.05) is 40.9 Å². The Morgan fingerprint density at radius 1 is 1.19 bits per heavy atom. The van der Waals surface area contributed by atoms with Gasteiger partial charge in [-0.2, -0.15) is 5.10 Å². The second-order valence-corrected chi connectivity index (χ2v) is 9.73. The Balaban J connectivity index is 1.78. The number of hydrogen-bond donors (Lipinski definition) is 1.